The van der Waals surface area contributed by atoms with Crippen molar-refractivity contribution < 1.29 is 9.32 Å². The number of piperidine rings is 1. The molecule has 2 atom stereocenters. The Hall–Kier alpha value is -2.70. The van der Waals surface area contributed by atoms with E-state index in [1.54, 1.807) is 17.2 Å². The van der Waals surface area contributed by atoms with Gasteiger partial charge in [0.2, 0.25) is 5.91 Å². The number of rotatable bonds is 3. The normalized spacial score (nSPS) is 25.6. The van der Waals surface area contributed by atoms with Crippen molar-refractivity contribution in [3.8, 4) is 0 Å². The van der Waals surface area contributed by atoms with Gasteiger partial charge in [0.15, 0.2) is 5.58 Å². The lowest BCUT2D eigenvalue weighted by atomic mass is 9.97. The van der Waals surface area contributed by atoms with Crippen LogP contribution in [0.4, 0.5) is 0 Å². The standard InChI is InChI=1S/C18H19N5O2/c24-18(11-16-15-3-1-2-4-17(15)25-21-16)22-12-5-6-13(22)10-14(9-12)23-19-7-8-20-23/h1-4,7-8,12-14H,5-6,9-11H2. The predicted octanol–water partition coefficient (Wildman–Crippen LogP) is 2.36. The lowest BCUT2D eigenvalue weighted by Gasteiger charge is -2.38. The highest BCUT2D eigenvalue weighted by molar-refractivity contribution is 5.86. The van der Waals surface area contributed by atoms with Gasteiger partial charge in [0.05, 0.1) is 24.9 Å². The summed E-state index contributed by atoms with van der Waals surface area (Å²) >= 11 is 0. The van der Waals surface area contributed by atoms with E-state index in [1.807, 2.05) is 24.3 Å². The van der Waals surface area contributed by atoms with Crippen molar-refractivity contribution in [1.29, 1.82) is 0 Å². The van der Waals surface area contributed by atoms with Gasteiger partial charge in [-0.2, -0.15) is 15.0 Å². The SMILES string of the molecule is O=C(Cc1noc2ccccc12)N1C2CCC1CC(n1nccn1)C2. The third kappa shape index (κ3) is 2.42. The fourth-order valence-electron chi connectivity index (χ4n) is 4.46. The zero-order valence-corrected chi connectivity index (χ0v) is 13.8. The van der Waals surface area contributed by atoms with Crippen molar-refractivity contribution in [3.63, 3.8) is 0 Å². The Labute approximate surface area is 144 Å². The van der Waals surface area contributed by atoms with E-state index >= 15 is 0 Å². The molecule has 3 aromatic rings. The predicted molar refractivity (Wildman–Crippen MR) is 89.7 cm³/mol. The van der Waals surface area contributed by atoms with Gasteiger partial charge in [-0.25, -0.2) is 0 Å². The van der Waals surface area contributed by atoms with Gasteiger partial charge in [-0.15, -0.1) is 0 Å². The molecular formula is C18H19N5O2. The number of hydrogen-bond donors (Lipinski definition) is 0. The maximum Gasteiger partial charge on any atom is 0.229 e. The zero-order valence-electron chi connectivity index (χ0n) is 13.8. The molecule has 4 heterocycles. The van der Waals surface area contributed by atoms with Crippen molar-refractivity contribution in [2.24, 2.45) is 0 Å². The third-order valence-corrected chi connectivity index (χ3v) is 5.53. The smallest absolute Gasteiger partial charge is 0.229 e. The Morgan fingerprint density at radius 3 is 2.56 bits per heavy atom. The van der Waals surface area contributed by atoms with Crippen LogP contribution in [0.25, 0.3) is 11.0 Å². The van der Waals surface area contributed by atoms with Gasteiger partial charge < -0.3 is 9.42 Å². The molecule has 2 bridgehead atoms. The van der Waals surface area contributed by atoms with E-state index in [2.05, 4.69) is 20.3 Å². The minimum absolute atomic E-state index is 0.151. The molecule has 2 fully saturated rings. The first-order valence-corrected chi connectivity index (χ1v) is 8.80. The van der Waals surface area contributed by atoms with Crippen molar-refractivity contribution in [1.82, 2.24) is 25.1 Å². The molecule has 0 saturated carbocycles. The first-order valence-electron chi connectivity index (χ1n) is 8.80. The first-order chi connectivity index (χ1) is 12.3. The molecule has 128 valence electrons. The van der Waals surface area contributed by atoms with E-state index in [1.165, 1.54) is 0 Å². The number of carbonyl (C=O) groups excluding carboxylic acids is 1. The van der Waals surface area contributed by atoms with Crippen LogP contribution in [-0.2, 0) is 11.2 Å². The van der Waals surface area contributed by atoms with Crippen LogP contribution in [0.15, 0.2) is 41.2 Å². The quantitative estimate of drug-likeness (QED) is 0.733. The number of aromatic nitrogens is 4. The van der Waals surface area contributed by atoms with Crippen molar-refractivity contribution in [3.05, 3.63) is 42.4 Å². The molecule has 2 aromatic heterocycles. The molecule has 0 spiro atoms. The van der Waals surface area contributed by atoms with Crippen LogP contribution in [0, 0.1) is 0 Å². The van der Waals surface area contributed by atoms with Crippen LogP contribution >= 0.6 is 0 Å². The van der Waals surface area contributed by atoms with Crippen molar-refractivity contribution in [2.45, 2.75) is 50.2 Å². The van der Waals surface area contributed by atoms with Gasteiger partial charge in [0.1, 0.15) is 5.69 Å². The summed E-state index contributed by atoms with van der Waals surface area (Å²) < 4.78 is 5.33. The second kappa shape index (κ2) is 5.68. The summed E-state index contributed by atoms with van der Waals surface area (Å²) in [6.45, 7) is 0. The van der Waals surface area contributed by atoms with E-state index in [9.17, 15) is 4.79 Å². The second-order valence-electron chi connectivity index (χ2n) is 6.96. The van der Waals surface area contributed by atoms with Gasteiger partial charge in [-0.05, 0) is 37.8 Å². The topological polar surface area (TPSA) is 77.0 Å². The minimum Gasteiger partial charge on any atom is -0.356 e. The van der Waals surface area contributed by atoms with Crippen molar-refractivity contribution >= 4 is 16.9 Å². The monoisotopic (exact) mass is 337 g/mol. The Bertz CT molecular complexity index is 889. The summed E-state index contributed by atoms with van der Waals surface area (Å²) in [7, 11) is 0. The van der Waals surface area contributed by atoms with Crippen molar-refractivity contribution in [2.75, 3.05) is 0 Å². The average molecular weight is 337 g/mol. The molecule has 0 N–H and O–H groups in total. The number of para-hydroxylation sites is 1. The molecule has 2 unspecified atom stereocenters. The van der Waals surface area contributed by atoms with E-state index in [4.69, 9.17) is 4.52 Å². The second-order valence-corrected chi connectivity index (χ2v) is 6.96. The molecule has 1 amide bonds. The van der Waals surface area contributed by atoms with E-state index in [0.717, 1.165) is 42.3 Å². The van der Waals surface area contributed by atoms with Crippen LogP contribution in [0.5, 0.6) is 0 Å². The van der Waals surface area contributed by atoms with Crippen LogP contribution in [0.2, 0.25) is 0 Å². The maximum absolute atomic E-state index is 13.0. The largest absolute Gasteiger partial charge is 0.356 e. The first kappa shape index (κ1) is 14.6. The number of carbonyl (C=O) groups is 1. The van der Waals surface area contributed by atoms with Crippen LogP contribution in [-0.4, -0.2) is 43.0 Å². The molecule has 5 rings (SSSR count). The summed E-state index contributed by atoms with van der Waals surface area (Å²) in [6, 6.07) is 8.54. The summed E-state index contributed by atoms with van der Waals surface area (Å²) in [5.74, 6) is 0.151. The molecular weight excluding hydrogens is 318 g/mol. The summed E-state index contributed by atoms with van der Waals surface area (Å²) in [5, 5.41) is 13.6. The fourth-order valence-corrected chi connectivity index (χ4v) is 4.46. The molecule has 2 aliphatic heterocycles. The summed E-state index contributed by atoms with van der Waals surface area (Å²) in [6.07, 6.45) is 7.72. The van der Waals surface area contributed by atoms with E-state index in [0.29, 0.717) is 12.5 Å². The van der Waals surface area contributed by atoms with Gasteiger partial charge in [-0.3, -0.25) is 4.79 Å². The molecule has 25 heavy (non-hydrogen) atoms. The Balaban J connectivity index is 1.35. The third-order valence-electron chi connectivity index (χ3n) is 5.53. The Kier molecular flexibility index (Phi) is 3.33. The van der Waals surface area contributed by atoms with Gasteiger partial charge in [0.25, 0.3) is 0 Å². The highest BCUT2D eigenvalue weighted by atomic mass is 16.5. The number of nitrogens with zero attached hydrogens (tertiary/aromatic N) is 5. The number of amides is 1. The molecule has 1 aromatic carbocycles. The zero-order chi connectivity index (χ0) is 16.8. The van der Waals surface area contributed by atoms with Gasteiger partial charge in [-0.1, -0.05) is 17.3 Å². The number of fused-ring (bicyclic) bond motifs is 3. The molecule has 0 aliphatic carbocycles. The fraction of sp³-hybridized carbons (Fsp3) is 0.444. The highest BCUT2D eigenvalue weighted by Crippen LogP contribution is 2.40. The van der Waals surface area contributed by atoms with Crippen LogP contribution < -0.4 is 0 Å². The Morgan fingerprint density at radius 1 is 1.08 bits per heavy atom. The van der Waals surface area contributed by atoms with E-state index in [-0.39, 0.29) is 18.0 Å². The average Bonchev–Trinajstić information content (AvgIpc) is 3.34. The van der Waals surface area contributed by atoms with Crippen LogP contribution in [0.1, 0.15) is 37.4 Å². The molecule has 2 aliphatic rings. The lowest BCUT2D eigenvalue weighted by Crippen LogP contribution is -2.47. The maximum atomic E-state index is 13.0. The van der Waals surface area contributed by atoms with E-state index < -0.39 is 0 Å². The minimum atomic E-state index is 0.151. The van der Waals surface area contributed by atoms with Gasteiger partial charge >= 0.3 is 0 Å². The lowest BCUT2D eigenvalue weighted by molar-refractivity contribution is -0.135. The van der Waals surface area contributed by atoms with Crippen LogP contribution in [0.3, 0.4) is 0 Å². The molecule has 7 nitrogen and oxygen atoms in total. The number of hydrogen-bond acceptors (Lipinski definition) is 5. The molecule has 0 radical (unpaired) electrons. The summed E-state index contributed by atoms with van der Waals surface area (Å²) in [5.41, 5.74) is 1.47. The molecule has 7 heteroatoms. The van der Waals surface area contributed by atoms with Gasteiger partial charge in [0, 0.05) is 17.5 Å². The molecule has 2 saturated heterocycles. The Morgan fingerprint density at radius 2 is 1.80 bits per heavy atom. The number of benzene rings is 1. The highest BCUT2D eigenvalue weighted by Gasteiger charge is 2.44. The summed E-state index contributed by atoms with van der Waals surface area (Å²) in [4.78, 5) is 16.9.